The SMILES string of the molecule is N#CCS(=O)(=O)Nc1c(Cl)cc(S(N)(=O)=O)cc1Cl. The van der Waals surface area contributed by atoms with Crippen molar-refractivity contribution in [3.63, 3.8) is 0 Å². The smallest absolute Gasteiger partial charge is 0.246 e. The number of hydrogen-bond acceptors (Lipinski definition) is 5. The fourth-order valence-corrected chi connectivity index (χ4v) is 3.25. The summed E-state index contributed by atoms with van der Waals surface area (Å²) in [5.74, 6) is -0.795. The molecule has 7 nitrogen and oxygen atoms in total. The third-order valence-electron chi connectivity index (χ3n) is 1.86. The molecule has 0 aromatic heterocycles. The molecule has 19 heavy (non-hydrogen) atoms. The number of nitrogens with one attached hydrogen (secondary N) is 1. The zero-order valence-corrected chi connectivity index (χ0v) is 12.2. The van der Waals surface area contributed by atoms with Crippen LogP contribution in [-0.2, 0) is 20.0 Å². The first kappa shape index (κ1) is 16.0. The van der Waals surface area contributed by atoms with Crippen molar-refractivity contribution in [3.05, 3.63) is 22.2 Å². The van der Waals surface area contributed by atoms with Crippen molar-refractivity contribution in [3.8, 4) is 6.07 Å². The summed E-state index contributed by atoms with van der Waals surface area (Å²) in [5, 5.41) is 12.7. The second kappa shape index (κ2) is 5.52. The van der Waals surface area contributed by atoms with E-state index in [2.05, 4.69) is 0 Å². The number of nitrogens with two attached hydrogens (primary N) is 1. The van der Waals surface area contributed by atoms with Gasteiger partial charge in [0.1, 0.15) is 0 Å². The molecular weight excluding hydrogens is 337 g/mol. The Kier molecular flexibility index (Phi) is 4.65. The number of nitriles is 1. The van der Waals surface area contributed by atoms with Gasteiger partial charge in [-0.2, -0.15) is 5.26 Å². The number of nitrogens with zero attached hydrogens (tertiary/aromatic N) is 1. The molecule has 104 valence electrons. The molecule has 0 spiro atoms. The lowest BCUT2D eigenvalue weighted by Gasteiger charge is -2.10. The van der Waals surface area contributed by atoms with Gasteiger partial charge in [-0.3, -0.25) is 4.72 Å². The van der Waals surface area contributed by atoms with Gasteiger partial charge in [0.15, 0.2) is 5.75 Å². The standard InChI is InChI=1S/C8H7Cl2N3O4S2/c9-6-3-5(19(12,16)17)4-7(10)8(6)13-18(14,15)2-1-11/h3-4,13H,2H2,(H2,12,16,17). The van der Waals surface area contributed by atoms with E-state index in [9.17, 15) is 16.8 Å². The van der Waals surface area contributed by atoms with Gasteiger partial charge in [-0.1, -0.05) is 23.2 Å². The highest BCUT2D eigenvalue weighted by Gasteiger charge is 2.18. The molecule has 0 saturated heterocycles. The first-order chi connectivity index (χ1) is 8.57. The molecule has 0 atom stereocenters. The Balaban J connectivity index is 3.31. The Labute approximate surface area is 120 Å². The lowest BCUT2D eigenvalue weighted by molar-refractivity contribution is 0.597. The molecule has 1 aromatic carbocycles. The average molecular weight is 344 g/mol. The fourth-order valence-electron chi connectivity index (χ4n) is 1.09. The highest BCUT2D eigenvalue weighted by molar-refractivity contribution is 7.92. The first-order valence-electron chi connectivity index (χ1n) is 4.46. The molecule has 0 bridgehead atoms. The molecule has 11 heteroatoms. The molecule has 1 aromatic rings. The number of halogens is 2. The quantitative estimate of drug-likeness (QED) is 0.838. The molecule has 0 heterocycles. The third kappa shape index (κ3) is 4.22. The van der Waals surface area contributed by atoms with Gasteiger partial charge in [0, 0.05) is 0 Å². The number of sulfonamides is 2. The summed E-state index contributed by atoms with van der Waals surface area (Å²) in [6, 6.07) is 3.35. The van der Waals surface area contributed by atoms with Gasteiger partial charge >= 0.3 is 0 Å². The number of rotatable bonds is 4. The minimum absolute atomic E-state index is 0.217. The van der Waals surface area contributed by atoms with Crippen molar-refractivity contribution in [2.45, 2.75) is 4.90 Å². The van der Waals surface area contributed by atoms with Crippen LogP contribution in [0.1, 0.15) is 0 Å². The Morgan fingerprint density at radius 2 is 1.68 bits per heavy atom. The maximum atomic E-state index is 11.4. The van der Waals surface area contributed by atoms with E-state index < -0.39 is 25.8 Å². The highest BCUT2D eigenvalue weighted by Crippen LogP contribution is 2.33. The monoisotopic (exact) mass is 343 g/mol. The predicted molar refractivity (Wildman–Crippen MR) is 70.9 cm³/mol. The van der Waals surface area contributed by atoms with Crippen LogP contribution in [0.25, 0.3) is 0 Å². The van der Waals surface area contributed by atoms with Gasteiger partial charge in [-0.15, -0.1) is 0 Å². The van der Waals surface area contributed by atoms with Gasteiger partial charge in [-0.05, 0) is 12.1 Å². The molecule has 0 radical (unpaired) electrons. The largest absolute Gasteiger partial charge is 0.280 e. The van der Waals surface area contributed by atoms with Crippen LogP contribution in [0.2, 0.25) is 10.0 Å². The van der Waals surface area contributed by atoms with E-state index in [1.165, 1.54) is 6.07 Å². The van der Waals surface area contributed by atoms with Crippen molar-refractivity contribution in [2.24, 2.45) is 5.14 Å². The number of benzene rings is 1. The summed E-state index contributed by atoms with van der Waals surface area (Å²) < 4.78 is 47.0. The van der Waals surface area contributed by atoms with Crippen molar-refractivity contribution in [1.82, 2.24) is 0 Å². The van der Waals surface area contributed by atoms with Crippen LogP contribution in [-0.4, -0.2) is 22.6 Å². The molecule has 0 amide bonds. The molecule has 0 aliphatic heterocycles. The van der Waals surface area contributed by atoms with Crippen molar-refractivity contribution in [2.75, 3.05) is 10.5 Å². The van der Waals surface area contributed by atoms with Crippen molar-refractivity contribution < 1.29 is 16.8 Å². The topological polar surface area (TPSA) is 130 Å². The molecule has 0 saturated carbocycles. The molecule has 3 N–H and O–H groups in total. The second-order valence-electron chi connectivity index (χ2n) is 3.33. The van der Waals surface area contributed by atoms with Gasteiger partial charge in [0.05, 0.1) is 26.7 Å². The van der Waals surface area contributed by atoms with Gasteiger partial charge in [0.25, 0.3) is 0 Å². The van der Waals surface area contributed by atoms with Crippen LogP contribution in [0.5, 0.6) is 0 Å². The number of hydrogen-bond donors (Lipinski definition) is 2. The van der Waals surface area contributed by atoms with E-state index in [0.29, 0.717) is 0 Å². The van der Waals surface area contributed by atoms with Gasteiger partial charge in [0.2, 0.25) is 20.0 Å². The zero-order valence-electron chi connectivity index (χ0n) is 9.09. The summed E-state index contributed by atoms with van der Waals surface area (Å²) in [7, 11) is -7.96. The van der Waals surface area contributed by atoms with E-state index >= 15 is 0 Å². The summed E-state index contributed by atoms with van der Waals surface area (Å²) in [6.07, 6.45) is 0. The van der Waals surface area contributed by atoms with E-state index in [-0.39, 0.29) is 20.6 Å². The van der Waals surface area contributed by atoms with Gasteiger partial charge < -0.3 is 0 Å². The Morgan fingerprint density at radius 3 is 2.05 bits per heavy atom. The van der Waals surface area contributed by atoms with E-state index in [1.54, 1.807) is 0 Å². The average Bonchev–Trinajstić information content (AvgIpc) is 2.21. The van der Waals surface area contributed by atoms with Crippen LogP contribution in [0.3, 0.4) is 0 Å². The van der Waals surface area contributed by atoms with E-state index in [0.717, 1.165) is 12.1 Å². The Bertz CT molecular complexity index is 730. The van der Waals surface area contributed by atoms with Crippen LogP contribution in [0.4, 0.5) is 5.69 Å². The highest BCUT2D eigenvalue weighted by atomic mass is 35.5. The van der Waals surface area contributed by atoms with Crippen LogP contribution in [0.15, 0.2) is 17.0 Å². The molecule has 0 aliphatic carbocycles. The van der Waals surface area contributed by atoms with Crippen molar-refractivity contribution >= 4 is 48.9 Å². The maximum absolute atomic E-state index is 11.4. The van der Waals surface area contributed by atoms with Crippen molar-refractivity contribution in [1.29, 1.82) is 5.26 Å². The lowest BCUT2D eigenvalue weighted by atomic mass is 10.3. The normalized spacial score (nSPS) is 11.9. The molecule has 0 aliphatic rings. The fraction of sp³-hybridized carbons (Fsp3) is 0.125. The number of primary sulfonamides is 1. The maximum Gasteiger partial charge on any atom is 0.246 e. The molecule has 1 rings (SSSR count). The summed E-state index contributed by atoms with van der Waals surface area (Å²) in [6.45, 7) is 0. The summed E-state index contributed by atoms with van der Waals surface area (Å²) in [5.41, 5.74) is -0.217. The molecular formula is C8H7Cl2N3O4S2. The Morgan fingerprint density at radius 1 is 1.21 bits per heavy atom. The first-order valence-corrected chi connectivity index (χ1v) is 8.41. The van der Waals surface area contributed by atoms with Crippen LogP contribution >= 0.6 is 23.2 Å². The lowest BCUT2D eigenvalue weighted by Crippen LogP contribution is -2.17. The zero-order chi connectivity index (χ0) is 14.8. The third-order valence-corrected chi connectivity index (χ3v) is 4.37. The van der Waals surface area contributed by atoms with E-state index in [4.69, 9.17) is 33.6 Å². The number of anilines is 1. The minimum atomic E-state index is -4.02. The summed E-state index contributed by atoms with van der Waals surface area (Å²) >= 11 is 11.5. The molecule has 0 unspecified atom stereocenters. The Hall–Kier alpha value is -1.05. The predicted octanol–water partition coefficient (Wildman–Crippen LogP) is 0.906. The van der Waals surface area contributed by atoms with Gasteiger partial charge in [-0.25, -0.2) is 22.0 Å². The molecule has 0 fully saturated rings. The minimum Gasteiger partial charge on any atom is -0.280 e. The second-order valence-corrected chi connectivity index (χ2v) is 7.42. The van der Waals surface area contributed by atoms with Crippen LogP contribution in [0, 0.1) is 11.3 Å². The van der Waals surface area contributed by atoms with Crippen LogP contribution < -0.4 is 9.86 Å². The van der Waals surface area contributed by atoms with E-state index in [1.807, 2.05) is 4.72 Å². The summed E-state index contributed by atoms with van der Waals surface area (Å²) in [4.78, 5) is -0.356.